The van der Waals surface area contributed by atoms with Crippen molar-refractivity contribution >= 4 is 5.82 Å². The van der Waals surface area contributed by atoms with Crippen LogP contribution in [0.3, 0.4) is 0 Å². The van der Waals surface area contributed by atoms with Crippen LogP contribution in [0, 0.1) is 17.2 Å². The Morgan fingerprint density at radius 1 is 1.24 bits per heavy atom. The number of nitrogens with one attached hydrogen (secondary N) is 1. The fourth-order valence-electron chi connectivity index (χ4n) is 5.52. The van der Waals surface area contributed by atoms with E-state index in [2.05, 4.69) is 25.8 Å². The minimum atomic E-state index is 0.152. The molecule has 1 saturated carbocycles. The van der Waals surface area contributed by atoms with E-state index in [4.69, 9.17) is 9.97 Å². The molecule has 0 amide bonds. The van der Waals surface area contributed by atoms with Crippen molar-refractivity contribution in [2.75, 3.05) is 31.1 Å². The van der Waals surface area contributed by atoms with E-state index < -0.39 is 0 Å². The van der Waals surface area contributed by atoms with Crippen molar-refractivity contribution in [3.8, 4) is 6.07 Å². The summed E-state index contributed by atoms with van der Waals surface area (Å²) in [6.45, 7) is 4.71. The van der Waals surface area contributed by atoms with Crippen LogP contribution in [-0.4, -0.2) is 51.0 Å². The van der Waals surface area contributed by atoms with Crippen molar-refractivity contribution < 1.29 is 0 Å². The van der Waals surface area contributed by atoms with E-state index >= 15 is 0 Å². The summed E-state index contributed by atoms with van der Waals surface area (Å²) in [4.78, 5) is 22.8. The predicted molar refractivity (Wildman–Crippen MR) is 108 cm³/mol. The fraction of sp³-hybridized carbons (Fsp3) is 0.636. The van der Waals surface area contributed by atoms with Gasteiger partial charge in [0.25, 0.3) is 0 Å². The zero-order valence-electron chi connectivity index (χ0n) is 16.8. The second kappa shape index (κ2) is 6.53. The maximum atomic E-state index is 9.21. The van der Waals surface area contributed by atoms with Crippen molar-refractivity contribution in [3.05, 3.63) is 35.3 Å². The summed E-state index contributed by atoms with van der Waals surface area (Å²) in [5.41, 5.74) is 2.85. The van der Waals surface area contributed by atoms with Gasteiger partial charge in [-0.05, 0) is 45.1 Å². The molecule has 3 fully saturated rings. The number of aromatic amines is 1. The van der Waals surface area contributed by atoms with Crippen LogP contribution in [-0.2, 0) is 18.4 Å². The highest BCUT2D eigenvalue weighted by Crippen LogP contribution is 2.49. The maximum absolute atomic E-state index is 9.21. The summed E-state index contributed by atoms with van der Waals surface area (Å²) in [5, 5.41) is 9.21. The Morgan fingerprint density at radius 2 is 2.14 bits per heavy atom. The van der Waals surface area contributed by atoms with E-state index in [-0.39, 0.29) is 11.3 Å². The Balaban J connectivity index is 1.33. The number of hydrogen-bond acceptors (Lipinski definition) is 6. The third-order valence-electron chi connectivity index (χ3n) is 7.25. The van der Waals surface area contributed by atoms with Crippen LogP contribution in [0.5, 0.6) is 0 Å². The Labute approximate surface area is 171 Å². The molecular formula is C22H27N7. The van der Waals surface area contributed by atoms with Gasteiger partial charge in [0.15, 0.2) is 0 Å². The summed E-state index contributed by atoms with van der Waals surface area (Å²) >= 11 is 0. The average Bonchev–Trinajstić information content (AvgIpc) is 3.33. The van der Waals surface area contributed by atoms with Gasteiger partial charge >= 0.3 is 0 Å². The molecule has 4 heterocycles. The molecule has 7 nitrogen and oxygen atoms in total. The molecule has 1 unspecified atom stereocenters. The lowest BCUT2D eigenvalue weighted by atomic mass is 9.77. The topological polar surface area (TPSA) is 84.7 Å². The van der Waals surface area contributed by atoms with Crippen molar-refractivity contribution in [2.24, 2.45) is 5.92 Å². The molecular weight excluding hydrogens is 362 g/mol. The Hall–Kier alpha value is -2.46. The maximum Gasteiger partial charge on any atom is 0.135 e. The molecule has 2 aromatic rings. The summed E-state index contributed by atoms with van der Waals surface area (Å²) in [6, 6.07) is 2.40. The number of hydrogen-bond donors (Lipinski definition) is 1. The van der Waals surface area contributed by atoms with E-state index in [1.807, 2.05) is 12.4 Å². The monoisotopic (exact) mass is 389 g/mol. The number of imidazole rings is 1. The lowest BCUT2D eigenvalue weighted by Gasteiger charge is -2.41. The lowest BCUT2D eigenvalue weighted by Crippen LogP contribution is -2.47. The minimum Gasteiger partial charge on any atom is -0.353 e. The molecule has 0 aromatic carbocycles. The first kappa shape index (κ1) is 17.4. The first-order valence-electron chi connectivity index (χ1n) is 11.0. The molecule has 4 aliphatic rings. The standard InChI is InChI=1S/C22H27N7/c23-10-15-11-29(12-15)21-17-4-6-22(19(17)26-20(27-21)16-2-3-16)5-1-9-28(14-22)13-18-24-7-8-25-18/h7-8,15-16H,1-6,9,11-14H2,(H,24,25). The molecule has 2 aromatic heterocycles. The Morgan fingerprint density at radius 3 is 2.90 bits per heavy atom. The molecule has 150 valence electrons. The van der Waals surface area contributed by atoms with Gasteiger partial charge in [-0.3, -0.25) is 4.90 Å². The van der Waals surface area contributed by atoms with Crippen molar-refractivity contribution in [3.63, 3.8) is 0 Å². The molecule has 1 atom stereocenters. The van der Waals surface area contributed by atoms with Gasteiger partial charge in [-0.25, -0.2) is 15.0 Å². The molecule has 1 N–H and O–H groups in total. The molecule has 29 heavy (non-hydrogen) atoms. The number of aromatic nitrogens is 4. The Kier molecular flexibility index (Phi) is 3.92. The molecule has 2 saturated heterocycles. The van der Waals surface area contributed by atoms with Crippen LogP contribution in [0.2, 0.25) is 0 Å². The number of nitriles is 1. The number of piperidine rings is 1. The van der Waals surface area contributed by atoms with Crippen molar-refractivity contribution in [2.45, 2.75) is 56.4 Å². The van der Waals surface area contributed by atoms with Crippen LogP contribution in [0.4, 0.5) is 5.82 Å². The van der Waals surface area contributed by atoms with E-state index in [0.717, 1.165) is 56.6 Å². The molecule has 2 aliphatic heterocycles. The SMILES string of the molecule is N#CC1CN(c2nc(C3CC3)nc3c2CCC32CCCN(Cc3ncc[nH]3)C2)C1. The highest BCUT2D eigenvalue weighted by Gasteiger charge is 2.47. The number of rotatable bonds is 4. The van der Waals surface area contributed by atoms with E-state index in [0.29, 0.717) is 5.92 Å². The van der Waals surface area contributed by atoms with Crippen molar-refractivity contribution in [1.82, 2.24) is 24.8 Å². The highest BCUT2D eigenvalue weighted by atomic mass is 15.3. The molecule has 6 rings (SSSR count). The summed E-state index contributed by atoms with van der Waals surface area (Å²) in [7, 11) is 0. The summed E-state index contributed by atoms with van der Waals surface area (Å²) in [6.07, 6.45) is 10.8. The average molecular weight is 390 g/mol. The fourth-order valence-corrected chi connectivity index (χ4v) is 5.52. The normalized spacial score (nSPS) is 27.1. The van der Waals surface area contributed by atoms with Crippen molar-refractivity contribution in [1.29, 1.82) is 5.26 Å². The number of H-pyrrole nitrogens is 1. The highest BCUT2D eigenvalue weighted by molar-refractivity contribution is 5.56. The Bertz CT molecular complexity index is 952. The van der Waals surface area contributed by atoms with Gasteiger partial charge in [-0.2, -0.15) is 5.26 Å². The van der Waals surface area contributed by atoms with E-state index in [9.17, 15) is 5.26 Å². The van der Waals surface area contributed by atoms with Gasteiger partial charge in [-0.1, -0.05) is 0 Å². The van der Waals surface area contributed by atoms with Crippen LogP contribution < -0.4 is 4.90 Å². The van der Waals surface area contributed by atoms with Gasteiger partial charge in [0.1, 0.15) is 17.5 Å². The van der Waals surface area contributed by atoms with Crippen LogP contribution >= 0.6 is 0 Å². The third kappa shape index (κ3) is 2.93. The van der Waals surface area contributed by atoms with Gasteiger partial charge < -0.3 is 9.88 Å². The van der Waals surface area contributed by atoms with Gasteiger partial charge in [0.05, 0.1) is 24.2 Å². The first-order chi connectivity index (χ1) is 14.2. The lowest BCUT2D eigenvalue weighted by molar-refractivity contribution is 0.134. The third-order valence-corrected chi connectivity index (χ3v) is 7.25. The number of nitrogens with zero attached hydrogens (tertiary/aromatic N) is 6. The predicted octanol–water partition coefficient (Wildman–Crippen LogP) is 2.52. The summed E-state index contributed by atoms with van der Waals surface area (Å²) < 4.78 is 0. The van der Waals surface area contributed by atoms with E-state index in [1.165, 1.54) is 43.4 Å². The van der Waals surface area contributed by atoms with Gasteiger partial charge in [0, 0.05) is 48.9 Å². The second-order valence-corrected chi connectivity index (χ2v) is 9.37. The minimum absolute atomic E-state index is 0.152. The zero-order chi connectivity index (χ0) is 19.4. The molecule has 7 heteroatoms. The van der Waals surface area contributed by atoms with Crippen LogP contribution in [0.25, 0.3) is 0 Å². The molecule has 0 radical (unpaired) electrons. The molecule has 2 aliphatic carbocycles. The van der Waals surface area contributed by atoms with Crippen LogP contribution in [0.1, 0.15) is 60.9 Å². The number of anilines is 1. The zero-order valence-corrected chi connectivity index (χ0v) is 16.8. The largest absolute Gasteiger partial charge is 0.353 e. The number of fused-ring (bicyclic) bond motifs is 2. The van der Waals surface area contributed by atoms with E-state index in [1.54, 1.807) is 0 Å². The number of likely N-dealkylation sites (tertiary alicyclic amines) is 1. The first-order valence-corrected chi connectivity index (χ1v) is 11.0. The second-order valence-electron chi connectivity index (χ2n) is 9.37. The quantitative estimate of drug-likeness (QED) is 0.865. The summed E-state index contributed by atoms with van der Waals surface area (Å²) in [5.74, 6) is 3.95. The molecule has 1 spiro atoms. The van der Waals surface area contributed by atoms with Gasteiger partial charge in [-0.15, -0.1) is 0 Å². The molecule has 0 bridgehead atoms. The van der Waals surface area contributed by atoms with Gasteiger partial charge in [0.2, 0.25) is 0 Å². The smallest absolute Gasteiger partial charge is 0.135 e. The van der Waals surface area contributed by atoms with Crippen LogP contribution in [0.15, 0.2) is 12.4 Å².